The van der Waals surface area contributed by atoms with Gasteiger partial charge in [-0.3, -0.25) is 0 Å². The molecule has 0 saturated heterocycles. The van der Waals surface area contributed by atoms with Crippen LogP contribution in [0.15, 0.2) is 10.1 Å². The molecule has 0 heterocycles. The molecule has 0 aliphatic carbocycles. The number of allylic oxidation sites excluding steroid dienone is 1. The number of hydrogen-bond acceptors (Lipinski definition) is 0. The Labute approximate surface area is 73.0 Å². The minimum Gasteiger partial charge on any atom is -0.166 e. The van der Waals surface area contributed by atoms with Gasteiger partial charge in [-0.25, -0.2) is 0 Å². The summed E-state index contributed by atoms with van der Waals surface area (Å²) < 4.78 is 35.3. The monoisotopic (exact) mass is 206 g/mol. The summed E-state index contributed by atoms with van der Waals surface area (Å²) in [7, 11) is 0. The third-order valence-electron chi connectivity index (χ3n) is 1.09. The molecule has 0 amide bonds. The van der Waals surface area contributed by atoms with Gasteiger partial charge < -0.3 is 0 Å². The molecule has 0 bridgehead atoms. The van der Waals surface area contributed by atoms with E-state index in [1.807, 2.05) is 0 Å². The minimum atomic E-state index is -4.42. The first kappa shape index (κ1) is 11.1. The lowest BCUT2D eigenvalue weighted by Crippen LogP contribution is -2.17. The van der Waals surface area contributed by atoms with Crippen molar-refractivity contribution in [1.29, 1.82) is 0 Å². The van der Waals surface area contributed by atoms with Crippen molar-refractivity contribution in [3.05, 3.63) is 10.1 Å². The van der Waals surface area contributed by atoms with Crippen LogP contribution < -0.4 is 0 Å². The number of rotatable bonds is 1. The van der Waals surface area contributed by atoms with Crippen LogP contribution in [0.3, 0.4) is 0 Å². The van der Waals surface area contributed by atoms with Crippen LogP contribution in [0.1, 0.15) is 13.8 Å². The van der Waals surface area contributed by atoms with Crippen molar-refractivity contribution in [3.8, 4) is 0 Å². The summed E-state index contributed by atoms with van der Waals surface area (Å²) in [6, 6.07) is 0. The van der Waals surface area contributed by atoms with Gasteiger partial charge in [0.05, 0.1) is 5.57 Å². The molecule has 0 spiro atoms. The van der Waals surface area contributed by atoms with Crippen molar-refractivity contribution < 1.29 is 13.2 Å². The van der Waals surface area contributed by atoms with Crippen molar-refractivity contribution in [2.75, 3.05) is 0 Å². The van der Waals surface area contributed by atoms with Gasteiger partial charge in [0.2, 0.25) is 0 Å². The highest BCUT2D eigenvalue weighted by Gasteiger charge is 2.37. The summed E-state index contributed by atoms with van der Waals surface area (Å²) in [5, 5.41) is 0. The molecule has 0 saturated carbocycles. The Bertz CT molecular complexity index is 165. The zero-order chi connectivity index (χ0) is 9.23. The molecule has 0 unspecified atom stereocenters. The predicted octanol–water partition coefficient (Wildman–Crippen LogP) is 3.89. The molecule has 11 heavy (non-hydrogen) atoms. The first-order valence-corrected chi connectivity index (χ1v) is 3.64. The Balaban J connectivity index is 4.80. The van der Waals surface area contributed by atoms with E-state index in [0.717, 1.165) is 0 Å². The Kier molecular flexibility index (Phi) is 3.71. The lowest BCUT2D eigenvalue weighted by atomic mass is 10.1. The van der Waals surface area contributed by atoms with E-state index in [1.165, 1.54) is 13.8 Å². The third-order valence-corrected chi connectivity index (χ3v) is 1.49. The lowest BCUT2D eigenvalue weighted by molar-refractivity contribution is -0.0976. The summed E-state index contributed by atoms with van der Waals surface area (Å²) in [5.74, 6) is -0.708. The van der Waals surface area contributed by atoms with Crippen molar-refractivity contribution in [1.82, 2.24) is 0 Å². The van der Waals surface area contributed by atoms with Crippen molar-refractivity contribution in [3.63, 3.8) is 0 Å². The second-order valence-electron chi connectivity index (χ2n) is 2.33. The van der Waals surface area contributed by atoms with Crippen molar-refractivity contribution in [2.45, 2.75) is 20.0 Å². The Hall–Kier alpha value is 0.110. The summed E-state index contributed by atoms with van der Waals surface area (Å²) >= 11 is 10.1. The van der Waals surface area contributed by atoms with Gasteiger partial charge in [0.25, 0.3) is 0 Å². The summed E-state index contributed by atoms with van der Waals surface area (Å²) in [6.07, 6.45) is -4.42. The van der Waals surface area contributed by atoms with E-state index in [2.05, 4.69) is 0 Å². The van der Waals surface area contributed by atoms with E-state index in [1.54, 1.807) is 0 Å². The maximum absolute atomic E-state index is 12.0. The van der Waals surface area contributed by atoms with Gasteiger partial charge in [-0.2, -0.15) is 13.2 Å². The van der Waals surface area contributed by atoms with Crippen LogP contribution >= 0.6 is 23.2 Å². The van der Waals surface area contributed by atoms with Crippen LogP contribution in [0.5, 0.6) is 0 Å². The summed E-state index contributed by atoms with van der Waals surface area (Å²) in [6.45, 7) is 2.77. The molecule has 5 heteroatoms. The molecular weight excluding hydrogens is 200 g/mol. The highest BCUT2D eigenvalue weighted by Crippen LogP contribution is 2.36. The van der Waals surface area contributed by atoms with Crippen LogP contribution in [0, 0.1) is 5.92 Å². The molecule has 0 aromatic heterocycles. The average Bonchev–Trinajstić information content (AvgIpc) is 1.54. The van der Waals surface area contributed by atoms with E-state index in [4.69, 9.17) is 23.2 Å². The quantitative estimate of drug-likeness (QED) is 0.611. The molecule has 0 aliphatic heterocycles. The largest absolute Gasteiger partial charge is 0.415 e. The molecule has 0 radical (unpaired) electrons. The highest BCUT2D eigenvalue weighted by molar-refractivity contribution is 6.56. The van der Waals surface area contributed by atoms with Crippen LogP contribution in [-0.4, -0.2) is 6.18 Å². The second-order valence-corrected chi connectivity index (χ2v) is 3.28. The topological polar surface area (TPSA) is 0 Å². The maximum Gasteiger partial charge on any atom is 0.415 e. The van der Waals surface area contributed by atoms with E-state index < -0.39 is 22.2 Å². The number of hydrogen-bond donors (Lipinski definition) is 0. The van der Waals surface area contributed by atoms with E-state index in [0.29, 0.717) is 0 Å². The summed E-state index contributed by atoms with van der Waals surface area (Å²) in [4.78, 5) is 0. The van der Waals surface area contributed by atoms with Gasteiger partial charge in [0.1, 0.15) is 4.49 Å². The van der Waals surface area contributed by atoms with Gasteiger partial charge in [-0.05, 0) is 5.92 Å². The van der Waals surface area contributed by atoms with E-state index >= 15 is 0 Å². The molecule has 0 N–H and O–H groups in total. The standard InChI is InChI=1S/C6H7Cl2F3/c1-3(2)4(5(7)8)6(9,10)11/h3H,1-2H3. The van der Waals surface area contributed by atoms with Gasteiger partial charge in [-0.1, -0.05) is 37.0 Å². The Morgan fingerprint density at radius 3 is 1.55 bits per heavy atom. The van der Waals surface area contributed by atoms with Crippen molar-refractivity contribution in [2.24, 2.45) is 5.92 Å². The summed E-state index contributed by atoms with van der Waals surface area (Å²) in [5.41, 5.74) is -0.874. The zero-order valence-electron chi connectivity index (χ0n) is 5.97. The molecular formula is C6H7Cl2F3. The predicted molar refractivity (Wildman–Crippen MR) is 39.6 cm³/mol. The molecule has 66 valence electrons. The van der Waals surface area contributed by atoms with Gasteiger partial charge >= 0.3 is 6.18 Å². The smallest absolute Gasteiger partial charge is 0.166 e. The fourth-order valence-electron chi connectivity index (χ4n) is 0.653. The average molecular weight is 207 g/mol. The second kappa shape index (κ2) is 3.68. The highest BCUT2D eigenvalue weighted by atomic mass is 35.5. The van der Waals surface area contributed by atoms with Gasteiger partial charge in [-0.15, -0.1) is 0 Å². The first-order chi connectivity index (χ1) is 4.76. The van der Waals surface area contributed by atoms with Crippen molar-refractivity contribution >= 4 is 23.2 Å². The van der Waals surface area contributed by atoms with Crippen LogP contribution in [0.25, 0.3) is 0 Å². The van der Waals surface area contributed by atoms with Gasteiger partial charge in [0, 0.05) is 0 Å². The molecule has 0 aliphatic rings. The maximum atomic E-state index is 12.0. The normalized spacial score (nSPS) is 12.0. The Morgan fingerprint density at radius 2 is 1.55 bits per heavy atom. The Morgan fingerprint density at radius 1 is 1.18 bits per heavy atom. The van der Waals surface area contributed by atoms with E-state index in [-0.39, 0.29) is 0 Å². The molecule has 0 aromatic carbocycles. The third kappa shape index (κ3) is 3.34. The van der Waals surface area contributed by atoms with Crippen LogP contribution in [0.2, 0.25) is 0 Å². The molecule has 0 aromatic rings. The number of alkyl halides is 3. The first-order valence-electron chi connectivity index (χ1n) is 2.89. The SMILES string of the molecule is CC(C)C(=C(Cl)Cl)C(F)(F)F. The van der Waals surface area contributed by atoms with Gasteiger partial charge in [0.15, 0.2) is 0 Å². The molecule has 0 nitrogen and oxygen atoms in total. The minimum absolute atomic E-state index is 0.701. The molecule has 0 rings (SSSR count). The zero-order valence-corrected chi connectivity index (χ0v) is 7.48. The number of halogens is 5. The van der Waals surface area contributed by atoms with E-state index in [9.17, 15) is 13.2 Å². The fraction of sp³-hybridized carbons (Fsp3) is 0.667. The van der Waals surface area contributed by atoms with Crippen LogP contribution in [0.4, 0.5) is 13.2 Å². The molecule has 0 fully saturated rings. The molecule has 0 atom stereocenters. The lowest BCUT2D eigenvalue weighted by Gasteiger charge is -2.14. The fourth-order valence-corrected chi connectivity index (χ4v) is 1.30. The van der Waals surface area contributed by atoms with Crippen LogP contribution in [-0.2, 0) is 0 Å².